The molecule has 0 radical (unpaired) electrons. The smallest absolute Gasteiger partial charge is 0.308 e. The number of carbonyl (C=O) groups excluding carboxylic acids is 1. The van der Waals surface area contributed by atoms with E-state index in [0.29, 0.717) is 0 Å². The predicted octanol–water partition coefficient (Wildman–Crippen LogP) is 2.34. The molecule has 76 valence electrons. The lowest BCUT2D eigenvalue weighted by Gasteiger charge is -2.06. The number of halogens is 3. The van der Waals surface area contributed by atoms with Gasteiger partial charge in [0.2, 0.25) is 5.82 Å². The molecule has 0 saturated carbocycles. The molecular formula is C9H7F3O2. The average Bonchev–Trinajstić information content (AvgIpc) is 2.10. The van der Waals surface area contributed by atoms with Crippen molar-refractivity contribution < 1.29 is 22.7 Å². The monoisotopic (exact) mass is 204 g/mol. The first-order valence-corrected chi connectivity index (χ1v) is 3.76. The van der Waals surface area contributed by atoms with E-state index < -0.39 is 29.2 Å². The van der Waals surface area contributed by atoms with Crippen LogP contribution in [-0.4, -0.2) is 5.97 Å². The first-order valence-electron chi connectivity index (χ1n) is 3.76. The third kappa shape index (κ3) is 1.86. The van der Waals surface area contributed by atoms with Crippen molar-refractivity contribution in [3.8, 4) is 5.75 Å². The summed E-state index contributed by atoms with van der Waals surface area (Å²) in [4.78, 5) is 10.5. The Morgan fingerprint density at radius 2 is 1.79 bits per heavy atom. The van der Waals surface area contributed by atoms with E-state index in [-0.39, 0.29) is 5.56 Å². The van der Waals surface area contributed by atoms with Crippen molar-refractivity contribution in [1.29, 1.82) is 0 Å². The quantitative estimate of drug-likeness (QED) is 0.398. The minimum atomic E-state index is -1.64. The van der Waals surface area contributed by atoms with Gasteiger partial charge >= 0.3 is 5.97 Å². The number of aryl methyl sites for hydroxylation is 1. The molecule has 0 fully saturated rings. The minimum Gasteiger partial charge on any atom is -0.423 e. The molecule has 0 aliphatic rings. The lowest BCUT2D eigenvalue weighted by atomic mass is 10.2. The second kappa shape index (κ2) is 3.69. The van der Waals surface area contributed by atoms with Gasteiger partial charge in [-0.1, -0.05) is 0 Å². The zero-order chi connectivity index (χ0) is 10.9. The van der Waals surface area contributed by atoms with Gasteiger partial charge in [0.05, 0.1) is 0 Å². The van der Waals surface area contributed by atoms with Crippen molar-refractivity contribution in [3.63, 3.8) is 0 Å². The number of hydrogen-bond acceptors (Lipinski definition) is 2. The maximum absolute atomic E-state index is 12.9. The summed E-state index contributed by atoms with van der Waals surface area (Å²) in [6.45, 7) is 2.28. The van der Waals surface area contributed by atoms with Gasteiger partial charge < -0.3 is 4.74 Å². The van der Waals surface area contributed by atoms with E-state index >= 15 is 0 Å². The summed E-state index contributed by atoms with van der Waals surface area (Å²) in [5.41, 5.74) is -0.125. The van der Waals surface area contributed by atoms with Gasteiger partial charge in [0.25, 0.3) is 0 Å². The number of ether oxygens (including phenoxy) is 1. The van der Waals surface area contributed by atoms with Crippen LogP contribution in [0.1, 0.15) is 12.5 Å². The predicted molar refractivity (Wildman–Crippen MR) is 42.4 cm³/mol. The van der Waals surface area contributed by atoms with Gasteiger partial charge in [-0.15, -0.1) is 0 Å². The maximum atomic E-state index is 12.9. The molecule has 0 aliphatic heterocycles. The summed E-state index contributed by atoms with van der Waals surface area (Å²) in [7, 11) is 0. The molecule has 1 aromatic carbocycles. The number of hydrogen-bond donors (Lipinski definition) is 0. The van der Waals surface area contributed by atoms with Crippen LogP contribution < -0.4 is 4.74 Å². The van der Waals surface area contributed by atoms with Crippen LogP contribution in [0.2, 0.25) is 0 Å². The van der Waals surface area contributed by atoms with E-state index in [1.54, 1.807) is 0 Å². The first-order chi connectivity index (χ1) is 6.43. The molecule has 0 aliphatic carbocycles. The summed E-state index contributed by atoms with van der Waals surface area (Å²) in [6.07, 6.45) is 0. The van der Waals surface area contributed by atoms with Crippen molar-refractivity contribution in [1.82, 2.24) is 0 Å². The molecule has 5 heteroatoms. The molecule has 0 bridgehead atoms. The van der Waals surface area contributed by atoms with Gasteiger partial charge in [0, 0.05) is 6.92 Å². The molecule has 0 N–H and O–H groups in total. The Kier molecular flexibility index (Phi) is 2.78. The molecule has 0 heterocycles. The highest BCUT2D eigenvalue weighted by atomic mass is 19.2. The molecule has 0 spiro atoms. The van der Waals surface area contributed by atoms with E-state index in [1.165, 1.54) is 6.92 Å². The normalized spacial score (nSPS) is 10.1. The fraction of sp³-hybridized carbons (Fsp3) is 0.222. The summed E-state index contributed by atoms with van der Waals surface area (Å²) >= 11 is 0. The zero-order valence-electron chi connectivity index (χ0n) is 7.53. The maximum Gasteiger partial charge on any atom is 0.308 e. The van der Waals surface area contributed by atoms with Gasteiger partial charge in [0.15, 0.2) is 17.4 Å². The standard InChI is InChI=1S/C9H7F3O2/c1-4-3-6(14-5(2)13)8(11)9(12)7(4)10/h3H,1-2H3. The van der Waals surface area contributed by atoms with Crippen molar-refractivity contribution in [2.75, 3.05) is 0 Å². The molecule has 14 heavy (non-hydrogen) atoms. The molecule has 0 amide bonds. The molecule has 1 rings (SSSR count). The zero-order valence-corrected chi connectivity index (χ0v) is 7.53. The minimum absolute atomic E-state index is 0.125. The van der Waals surface area contributed by atoms with Crippen LogP contribution in [0, 0.1) is 24.4 Å². The number of carbonyl (C=O) groups is 1. The Hall–Kier alpha value is -1.52. The van der Waals surface area contributed by atoms with E-state index in [0.717, 1.165) is 13.0 Å². The van der Waals surface area contributed by atoms with Crippen molar-refractivity contribution in [2.24, 2.45) is 0 Å². The van der Waals surface area contributed by atoms with Crippen molar-refractivity contribution >= 4 is 5.97 Å². The second-order valence-electron chi connectivity index (χ2n) is 2.73. The lowest BCUT2D eigenvalue weighted by Crippen LogP contribution is -2.06. The highest BCUT2D eigenvalue weighted by Crippen LogP contribution is 2.24. The van der Waals surface area contributed by atoms with Crippen LogP contribution >= 0.6 is 0 Å². The number of esters is 1. The Bertz CT molecular complexity index is 388. The Labute approximate surface area is 78.3 Å². The van der Waals surface area contributed by atoms with Crippen LogP contribution in [0.25, 0.3) is 0 Å². The van der Waals surface area contributed by atoms with Crippen molar-refractivity contribution in [2.45, 2.75) is 13.8 Å². The van der Waals surface area contributed by atoms with E-state index in [2.05, 4.69) is 4.74 Å². The third-order valence-corrected chi connectivity index (χ3v) is 1.55. The SMILES string of the molecule is CC(=O)Oc1cc(C)c(F)c(F)c1F. The molecular weight excluding hydrogens is 197 g/mol. The summed E-state index contributed by atoms with van der Waals surface area (Å²) in [6, 6.07) is 0.926. The fourth-order valence-electron chi connectivity index (χ4n) is 0.930. The first kappa shape index (κ1) is 10.6. The van der Waals surface area contributed by atoms with Gasteiger partial charge in [-0.3, -0.25) is 4.79 Å². The van der Waals surface area contributed by atoms with Gasteiger partial charge in [-0.05, 0) is 18.6 Å². The average molecular weight is 204 g/mol. The molecule has 0 atom stereocenters. The molecule has 0 unspecified atom stereocenters. The van der Waals surface area contributed by atoms with Gasteiger partial charge in [0.1, 0.15) is 0 Å². The summed E-state index contributed by atoms with van der Waals surface area (Å²) < 4.78 is 42.8. The summed E-state index contributed by atoms with van der Waals surface area (Å²) in [5.74, 6) is -5.81. The van der Waals surface area contributed by atoms with Crippen LogP contribution in [0.4, 0.5) is 13.2 Å². The van der Waals surface area contributed by atoms with E-state index in [9.17, 15) is 18.0 Å². The number of rotatable bonds is 1. The van der Waals surface area contributed by atoms with Crippen LogP contribution in [0.15, 0.2) is 6.07 Å². The van der Waals surface area contributed by atoms with Crippen molar-refractivity contribution in [3.05, 3.63) is 29.1 Å². The molecule has 2 nitrogen and oxygen atoms in total. The van der Waals surface area contributed by atoms with Crippen LogP contribution in [0.3, 0.4) is 0 Å². The van der Waals surface area contributed by atoms with Gasteiger partial charge in [-0.25, -0.2) is 8.78 Å². The third-order valence-electron chi connectivity index (χ3n) is 1.55. The Morgan fingerprint density at radius 1 is 1.21 bits per heavy atom. The highest BCUT2D eigenvalue weighted by molar-refractivity contribution is 5.69. The van der Waals surface area contributed by atoms with Gasteiger partial charge in [-0.2, -0.15) is 4.39 Å². The topological polar surface area (TPSA) is 26.3 Å². The van der Waals surface area contributed by atoms with E-state index in [4.69, 9.17) is 0 Å². The molecule has 0 aromatic heterocycles. The molecule has 0 saturated heterocycles. The Balaban J connectivity index is 3.25. The highest BCUT2D eigenvalue weighted by Gasteiger charge is 2.18. The number of benzene rings is 1. The van der Waals surface area contributed by atoms with Crippen LogP contribution in [-0.2, 0) is 4.79 Å². The van der Waals surface area contributed by atoms with E-state index in [1.807, 2.05) is 0 Å². The van der Waals surface area contributed by atoms with Crippen LogP contribution in [0.5, 0.6) is 5.75 Å². The second-order valence-corrected chi connectivity index (χ2v) is 2.73. The Morgan fingerprint density at radius 3 is 2.29 bits per heavy atom. The lowest BCUT2D eigenvalue weighted by molar-refractivity contribution is -0.132. The molecule has 1 aromatic rings. The fourth-order valence-corrected chi connectivity index (χ4v) is 0.930. The largest absolute Gasteiger partial charge is 0.423 e. The summed E-state index contributed by atoms with van der Waals surface area (Å²) in [5, 5.41) is 0.